The molecule has 74 valence electrons. The van der Waals surface area contributed by atoms with Crippen LogP contribution in [0.3, 0.4) is 0 Å². The van der Waals surface area contributed by atoms with E-state index in [1.54, 1.807) is 19.9 Å². The fourth-order valence-electron chi connectivity index (χ4n) is 0.467. The monoisotopic (exact) mass is 219 g/mol. The molecule has 0 spiro atoms. The van der Waals surface area contributed by atoms with Gasteiger partial charge in [0.15, 0.2) is 0 Å². The second-order valence-corrected chi connectivity index (χ2v) is 5.17. The predicted molar refractivity (Wildman–Crippen MR) is 60.1 cm³/mol. The summed E-state index contributed by atoms with van der Waals surface area (Å²) in [7, 11) is 0. The van der Waals surface area contributed by atoms with E-state index in [-0.39, 0.29) is 0 Å². The van der Waals surface area contributed by atoms with Gasteiger partial charge >= 0.3 is 5.97 Å². The van der Waals surface area contributed by atoms with Crippen LogP contribution >= 0.6 is 24.0 Å². The zero-order chi connectivity index (χ0) is 10.5. The molecule has 0 aliphatic heterocycles. The molecule has 0 saturated heterocycles. The van der Waals surface area contributed by atoms with Crippen LogP contribution in [0.5, 0.6) is 0 Å². The fourth-order valence-corrected chi connectivity index (χ4v) is 1.88. The quantitative estimate of drug-likeness (QED) is 0.556. The van der Waals surface area contributed by atoms with Gasteiger partial charge in [-0.1, -0.05) is 30.1 Å². The van der Waals surface area contributed by atoms with Gasteiger partial charge < -0.3 is 10.4 Å². The Morgan fingerprint density at radius 3 is 2.69 bits per heavy atom. The van der Waals surface area contributed by atoms with E-state index in [1.165, 1.54) is 0 Å². The maximum Gasteiger partial charge on any atom is 0.319 e. The van der Waals surface area contributed by atoms with Crippen molar-refractivity contribution in [2.24, 2.45) is 0 Å². The third-order valence-corrected chi connectivity index (χ3v) is 2.66. The van der Waals surface area contributed by atoms with Crippen molar-refractivity contribution in [1.29, 1.82) is 0 Å². The largest absolute Gasteiger partial charge is 0.480 e. The maximum absolute atomic E-state index is 10.7. The number of carboxylic acid groups (broad SMARTS) is 1. The Labute approximate surface area is 87.6 Å². The summed E-state index contributed by atoms with van der Waals surface area (Å²) in [6, 6.07) is 0. The van der Waals surface area contributed by atoms with Crippen molar-refractivity contribution in [1.82, 2.24) is 5.32 Å². The highest BCUT2D eigenvalue weighted by Gasteiger charge is 2.29. The first-order chi connectivity index (χ1) is 5.90. The molecule has 0 saturated carbocycles. The van der Waals surface area contributed by atoms with Gasteiger partial charge in [0.1, 0.15) is 9.07 Å². The molecule has 0 atom stereocenters. The Morgan fingerprint density at radius 1 is 1.77 bits per heavy atom. The van der Waals surface area contributed by atoms with Crippen molar-refractivity contribution in [3.05, 3.63) is 12.7 Å². The van der Waals surface area contributed by atoms with E-state index >= 15 is 0 Å². The average molecular weight is 219 g/mol. The summed E-state index contributed by atoms with van der Waals surface area (Å²) >= 11 is 6.05. The van der Waals surface area contributed by atoms with Crippen molar-refractivity contribution >= 4 is 34.3 Å². The van der Waals surface area contributed by atoms with E-state index in [4.69, 9.17) is 17.3 Å². The standard InChI is InChI=1S/C8H13NO2S2/c1-4-5-9-7(12)13-8(2,3)6(10)11/h4H,1,5H2,2-3H3,(H,9,12)(H,10,11). The molecule has 0 aromatic carbocycles. The van der Waals surface area contributed by atoms with Gasteiger partial charge in [0, 0.05) is 6.54 Å². The molecule has 0 aromatic rings. The van der Waals surface area contributed by atoms with E-state index < -0.39 is 10.7 Å². The van der Waals surface area contributed by atoms with Crippen LogP contribution in [0.15, 0.2) is 12.7 Å². The number of carbonyl (C=O) groups is 1. The van der Waals surface area contributed by atoms with Crippen LogP contribution in [0, 0.1) is 0 Å². The lowest BCUT2D eigenvalue weighted by Gasteiger charge is -2.18. The van der Waals surface area contributed by atoms with Gasteiger partial charge in [-0.3, -0.25) is 4.79 Å². The number of rotatable bonds is 4. The molecule has 0 rings (SSSR count). The Bertz CT molecular complexity index is 226. The number of thiocarbonyl (C=S) groups is 1. The van der Waals surface area contributed by atoms with Gasteiger partial charge in [-0.15, -0.1) is 6.58 Å². The van der Waals surface area contributed by atoms with Crippen molar-refractivity contribution in [3.8, 4) is 0 Å². The molecule has 0 heterocycles. The molecule has 0 amide bonds. The summed E-state index contributed by atoms with van der Waals surface area (Å²) in [4.78, 5) is 10.7. The van der Waals surface area contributed by atoms with Crippen molar-refractivity contribution < 1.29 is 9.90 Å². The predicted octanol–water partition coefficient (Wildman–Crippen LogP) is 1.64. The molecule has 0 aromatic heterocycles. The third kappa shape index (κ3) is 4.90. The molecule has 3 nitrogen and oxygen atoms in total. The summed E-state index contributed by atoms with van der Waals surface area (Å²) < 4.78 is -0.405. The molecule has 0 aliphatic rings. The van der Waals surface area contributed by atoms with E-state index in [2.05, 4.69) is 11.9 Å². The minimum absolute atomic E-state index is 0.479. The Morgan fingerprint density at radius 2 is 2.31 bits per heavy atom. The molecular formula is C8H13NO2S2. The van der Waals surface area contributed by atoms with Gasteiger partial charge in [0.25, 0.3) is 0 Å². The molecule has 5 heteroatoms. The molecule has 0 radical (unpaired) electrons. The van der Waals surface area contributed by atoms with E-state index in [0.717, 1.165) is 11.8 Å². The van der Waals surface area contributed by atoms with Crippen LogP contribution in [0.2, 0.25) is 0 Å². The zero-order valence-corrected chi connectivity index (χ0v) is 9.30. The number of thioether (sulfide) groups is 1. The molecule has 0 bridgehead atoms. The van der Waals surface area contributed by atoms with Gasteiger partial charge in [0.05, 0.1) is 0 Å². The molecule has 0 unspecified atom stereocenters. The van der Waals surface area contributed by atoms with E-state index in [1.807, 2.05) is 0 Å². The van der Waals surface area contributed by atoms with E-state index in [0.29, 0.717) is 10.9 Å². The number of hydrogen-bond acceptors (Lipinski definition) is 3. The van der Waals surface area contributed by atoms with Crippen LogP contribution in [0.1, 0.15) is 13.8 Å². The second kappa shape index (κ2) is 5.24. The van der Waals surface area contributed by atoms with Gasteiger partial charge in [-0.2, -0.15) is 0 Å². The summed E-state index contributed by atoms with van der Waals surface area (Å²) in [6.07, 6.45) is 1.67. The lowest BCUT2D eigenvalue weighted by Crippen LogP contribution is -2.32. The molecule has 0 fully saturated rings. The average Bonchev–Trinajstić information content (AvgIpc) is 1.99. The molecule has 2 N–H and O–H groups in total. The second-order valence-electron chi connectivity index (χ2n) is 2.87. The highest BCUT2D eigenvalue weighted by molar-refractivity contribution is 8.24. The lowest BCUT2D eigenvalue weighted by atomic mass is 10.2. The first-order valence-corrected chi connectivity index (χ1v) is 4.93. The van der Waals surface area contributed by atoms with Crippen molar-refractivity contribution in [3.63, 3.8) is 0 Å². The summed E-state index contributed by atoms with van der Waals surface area (Å²) in [5.41, 5.74) is 0. The van der Waals surface area contributed by atoms with Gasteiger partial charge in [0.2, 0.25) is 0 Å². The Hall–Kier alpha value is -0.550. The van der Waals surface area contributed by atoms with Crippen LogP contribution in [0.25, 0.3) is 0 Å². The first kappa shape index (κ1) is 12.4. The number of aliphatic carboxylic acids is 1. The van der Waals surface area contributed by atoms with Crippen LogP contribution in [-0.2, 0) is 4.79 Å². The smallest absolute Gasteiger partial charge is 0.319 e. The number of carboxylic acids is 1. The van der Waals surface area contributed by atoms with Gasteiger partial charge in [-0.05, 0) is 13.8 Å². The topological polar surface area (TPSA) is 49.3 Å². The normalized spacial score (nSPS) is 10.6. The molecule has 13 heavy (non-hydrogen) atoms. The maximum atomic E-state index is 10.7. The number of hydrogen-bond donors (Lipinski definition) is 2. The highest BCUT2D eigenvalue weighted by atomic mass is 32.2. The van der Waals surface area contributed by atoms with Crippen molar-refractivity contribution in [2.45, 2.75) is 18.6 Å². The summed E-state index contributed by atoms with van der Waals surface area (Å²) in [5, 5.41) is 11.6. The Kier molecular flexibility index (Phi) is 5.02. The highest BCUT2D eigenvalue weighted by Crippen LogP contribution is 2.24. The Balaban J connectivity index is 4.04. The third-order valence-electron chi connectivity index (χ3n) is 1.25. The fraction of sp³-hybridized carbons (Fsp3) is 0.500. The van der Waals surface area contributed by atoms with E-state index in [9.17, 15) is 4.79 Å². The SMILES string of the molecule is C=CCNC(=S)SC(C)(C)C(=O)O. The van der Waals surface area contributed by atoms with Gasteiger partial charge in [-0.25, -0.2) is 0 Å². The van der Waals surface area contributed by atoms with Crippen LogP contribution in [-0.4, -0.2) is 26.7 Å². The molecule has 0 aliphatic carbocycles. The van der Waals surface area contributed by atoms with Crippen molar-refractivity contribution in [2.75, 3.05) is 6.54 Å². The minimum Gasteiger partial charge on any atom is -0.480 e. The summed E-state index contributed by atoms with van der Waals surface area (Å²) in [5.74, 6) is -0.875. The number of nitrogens with one attached hydrogen (secondary N) is 1. The zero-order valence-electron chi connectivity index (χ0n) is 7.66. The molecular weight excluding hydrogens is 206 g/mol. The lowest BCUT2D eigenvalue weighted by molar-refractivity contribution is -0.138. The minimum atomic E-state index is -0.884. The summed E-state index contributed by atoms with van der Waals surface area (Å²) in [6.45, 7) is 7.30. The first-order valence-electron chi connectivity index (χ1n) is 3.71. The van der Waals surface area contributed by atoms with Crippen LogP contribution in [0.4, 0.5) is 0 Å². The van der Waals surface area contributed by atoms with Crippen LogP contribution < -0.4 is 5.32 Å².